The van der Waals surface area contributed by atoms with Crippen LogP contribution < -0.4 is 9.80 Å². The Morgan fingerprint density at radius 3 is 2.05 bits per heavy atom. The number of carbonyl (C=O) groups excluding carboxylic acids is 2. The van der Waals surface area contributed by atoms with Crippen LogP contribution in [0.25, 0.3) is 11.1 Å². The summed E-state index contributed by atoms with van der Waals surface area (Å²) in [6.45, 7) is 3.95. The zero-order valence-corrected chi connectivity index (χ0v) is 23.8. The Hall–Kier alpha value is -4.32. The molecule has 1 aliphatic heterocycles. The maximum atomic E-state index is 13.9. The number of benzene rings is 2. The molecule has 8 heteroatoms. The minimum atomic E-state index is -0.470. The van der Waals surface area contributed by atoms with Gasteiger partial charge in [-0.05, 0) is 99.3 Å². The molecule has 1 saturated heterocycles. The third kappa shape index (κ3) is 4.19. The van der Waals surface area contributed by atoms with Crippen LogP contribution in [-0.2, 0) is 22.4 Å². The molecule has 6 rings (SSSR count). The number of fused-ring (bicyclic) bond motifs is 1. The number of thiophene rings is 1. The molecule has 0 bridgehead atoms. The fourth-order valence-electron chi connectivity index (χ4n) is 5.57. The number of thiocarbonyl (C=S) groups is 1. The predicted molar refractivity (Wildman–Crippen MR) is 163 cm³/mol. The molecule has 2 amide bonds. The van der Waals surface area contributed by atoms with E-state index in [1.165, 1.54) is 20.2 Å². The van der Waals surface area contributed by atoms with Gasteiger partial charge in [0.2, 0.25) is 0 Å². The van der Waals surface area contributed by atoms with Crippen LogP contribution in [0.15, 0.2) is 72.3 Å². The Morgan fingerprint density at radius 2 is 1.48 bits per heavy atom. The average Bonchev–Trinajstić information content (AvgIpc) is 3.47. The van der Waals surface area contributed by atoms with E-state index in [-0.39, 0.29) is 10.7 Å². The Balaban J connectivity index is 1.49. The highest BCUT2D eigenvalue weighted by Crippen LogP contribution is 2.39. The number of amides is 2. The van der Waals surface area contributed by atoms with E-state index in [0.29, 0.717) is 11.4 Å². The van der Waals surface area contributed by atoms with Gasteiger partial charge >= 0.3 is 0 Å². The highest BCUT2D eigenvalue weighted by atomic mass is 32.1. The summed E-state index contributed by atoms with van der Waals surface area (Å²) in [7, 11) is 0. The lowest BCUT2D eigenvalue weighted by molar-refractivity contribution is -0.120. The highest BCUT2D eigenvalue weighted by Gasteiger charge is 2.41. The number of para-hydroxylation sites is 2. The summed E-state index contributed by atoms with van der Waals surface area (Å²) in [5.74, 6) is -0.940. The van der Waals surface area contributed by atoms with Crippen LogP contribution >= 0.6 is 23.6 Å². The second kappa shape index (κ2) is 10.3. The van der Waals surface area contributed by atoms with Gasteiger partial charge in [0.25, 0.3) is 11.8 Å². The number of nitriles is 1. The summed E-state index contributed by atoms with van der Waals surface area (Å²) >= 11 is 7.40. The van der Waals surface area contributed by atoms with E-state index in [1.807, 2.05) is 56.3 Å². The van der Waals surface area contributed by atoms with Gasteiger partial charge in [0, 0.05) is 16.3 Å². The van der Waals surface area contributed by atoms with E-state index in [2.05, 4.69) is 10.6 Å². The van der Waals surface area contributed by atoms with Crippen LogP contribution in [-0.4, -0.2) is 21.5 Å². The van der Waals surface area contributed by atoms with Crippen molar-refractivity contribution in [1.29, 1.82) is 5.26 Å². The third-order valence-electron chi connectivity index (χ3n) is 7.52. The average molecular weight is 563 g/mol. The standard InChI is InChI=1S/C32H26N4O2S2/c1-20-17-22(21(2)34(20)31-27(19-33)25-15-9-10-16-28(25)40-31)18-26-29(37)35(23-11-5-3-6-12-23)32(39)36(30(26)38)24-13-7-4-8-14-24/h3-8,11-14,17-18H,9-10,15-16H2,1-2H3. The van der Waals surface area contributed by atoms with Crippen molar-refractivity contribution >= 4 is 57.9 Å². The molecule has 40 heavy (non-hydrogen) atoms. The summed E-state index contributed by atoms with van der Waals surface area (Å²) < 4.78 is 2.08. The maximum absolute atomic E-state index is 13.9. The van der Waals surface area contributed by atoms with E-state index in [9.17, 15) is 14.9 Å². The molecule has 198 valence electrons. The van der Waals surface area contributed by atoms with E-state index in [0.717, 1.165) is 53.2 Å². The van der Waals surface area contributed by atoms with Gasteiger partial charge in [-0.1, -0.05) is 36.4 Å². The molecule has 0 spiro atoms. The molecule has 1 aliphatic carbocycles. The molecule has 0 atom stereocenters. The molecule has 0 radical (unpaired) electrons. The molecular formula is C32H26N4O2S2. The zero-order chi connectivity index (χ0) is 28.0. The second-order valence-corrected chi connectivity index (χ2v) is 11.4. The number of rotatable bonds is 4. The van der Waals surface area contributed by atoms with Gasteiger partial charge in [-0.25, -0.2) is 0 Å². The molecular weight excluding hydrogens is 537 g/mol. The minimum absolute atomic E-state index is 0.0209. The predicted octanol–water partition coefficient (Wildman–Crippen LogP) is 6.65. The maximum Gasteiger partial charge on any atom is 0.270 e. The number of aromatic nitrogens is 1. The van der Waals surface area contributed by atoms with Gasteiger partial charge in [0.05, 0.1) is 16.9 Å². The summed E-state index contributed by atoms with van der Waals surface area (Å²) in [4.78, 5) is 31.9. The molecule has 1 fully saturated rings. The van der Waals surface area contributed by atoms with Crippen LogP contribution in [0.1, 0.15) is 45.8 Å². The van der Waals surface area contributed by atoms with Crippen molar-refractivity contribution in [2.45, 2.75) is 39.5 Å². The molecule has 2 aromatic carbocycles. The van der Waals surface area contributed by atoms with Crippen molar-refractivity contribution in [3.63, 3.8) is 0 Å². The van der Waals surface area contributed by atoms with Crippen molar-refractivity contribution in [3.05, 3.63) is 105 Å². The normalized spacial score (nSPS) is 15.3. The molecule has 0 saturated carbocycles. The first-order chi connectivity index (χ1) is 19.4. The Morgan fingerprint density at radius 1 is 0.900 bits per heavy atom. The SMILES string of the molecule is Cc1cc(C=C2C(=O)N(c3ccccc3)C(=S)N(c3ccccc3)C2=O)c(C)n1-c1sc2c(c1C#N)CCCC2. The Labute approximate surface area is 242 Å². The summed E-state index contributed by atoms with van der Waals surface area (Å²) in [6.07, 6.45) is 5.83. The number of aryl methyl sites for hydroxylation is 2. The highest BCUT2D eigenvalue weighted by molar-refractivity contribution is 7.81. The van der Waals surface area contributed by atoms with Crippen LogP contribution in [0.3, 0.4) is 0 Å². The molecule has 3 heterocycles. The van der Waals surface area contributed by atoms with Crippen molar-refractivity contribution < 1.29 is 9.59 Å². The lowest BCUT2D eigenvalue weighted by atomic mass is 9.96. The quantitative estimate of drug-likeness (QED) is 0.159. The van der Waals surface area contributed by atoms with Crippen LogP contribution in [0, 0.1) is 25.2 Å². The first-order valence-electron chi connectivity index (χ1n) is 13.2. The number of hydrogen-bond acceptors (Lipinski definition) is 5. The molecule has 2 aliphatic rings. The number of carbonyl (C=O) groups is 2. The first-order valence-corrected chi connectivity index (χ1v) is 14.4. The van der Waals surface area contributed by atoms with Crippen LogP contribution in [0.4, 0.5) is 11.4 Å². The van der Waals surface area contributed by atoms with Crippen molar-refractivity contribution in [3.8, 4) is 11.1 Å². The fraction of sp³-hybridized carbons (Fsp3) is 0.188. The van der Waals surface area contributed by atoms with E-state index >= 15 is 0 Å². The van der Waals surface area contributed by atoms with Gasteiger partial charge in [-0.15, -0.1) is 11.3 Å². The summed E-state index contributed by atoms with van der Waals surface area (Å²) in [6, 6.07) is 22.7. The minimum Gasteiger partial charge on any atom is -0.308 e. The largest absolute Gasteiger partial charge is 0.308 e. The smallest absolute Gasteiger partial charge is 0.270 e. The number of anilines is 2. The molecule has 0 unspecified atom stereocenters. The fourth-order valence-corrected chi connectivity index (χ4v) is 7.39. The molecule has 4 aromatic rings. The monoisotopic (exact) mass is 562 g/mol. The summed E-state index contributed by atoms with van der Waals surface area (Å²) in [5, 5.41) is 11.1. The Bertz CT molecular complexity index is 1680. The zero-order valence-electron chi connectivity index (χ0n) is 22.2. The van der Waals surface area contributed by atoms with Gasteiger partial charge in [0.15, 0.2) is 5.11 Å². The van der Waals surface area contributed by atoms with Crippen LogP contribution in [0.5, 0.6) is 0 Å². The van der Waals surface area contributed by atoms with E-state index < -0.39 is 11.8 Å². The molecule has 6 nitrogen and oxygen atoms in total. The second-order valence-electron chi connectivity index (χ2n) is 9.96. The Kier molecular flexibility index (Phi) is 6.70. The molecule has 0 N–H and O–H groups in total. The number of hydrogen-bond donors (Lipinski definition) is 0. The third-order valence-corrected chi connectivity index (χ3v) is 9.16. The topological polar surface area (TPSA) is 69.3 Å². The van der Waals surface area contributed by atoms with Crippen molar-refractivity contribution in [2.75, 3.05) is 9.80 Å². The number of nitrogens with zero attached hydrogens (tertiary/aromatic N) is 4. The molecule has 2 aromatic heterocycles. The van der Waals surface area contributed by atoms with Gasteiger partial charge in [-0.2, -0.15) is 5.26 Å². The van der Waals surface area contributed by atoms with Gasteiger partial charge in [0.1, 0.15) is 16.6 Å². The van der Waals surface area contributed by atoms with Crippen molar-refractivity contribution in [2.24, 2.45) is 0 Å². The van der Waals surface area contributed by atoms with E-state index in [4.69, 9.17) is 12.2 Å². The van der Waals surface area contributed by atoms with Crippen LogP contribution in [0.2, 0.25) is 0 Å². The van der Waals surface area contributed by atoms with Gasteiger partial charge < -0.3 is 4.57 Å². The van der Waals surface area contributed by atoms with Gasteiger partial charge in [-0.3, -0.25) is 19.4 Å². The lowest BCUT2D eigenvalue weighted by Gasteiger charge is -2.36. The first kappa shape index (κ1) is 25.9. The van der Waals surface area contributed by atoms with E-state index in [1.54, 1.807) is 41.7 Å². The lowest BCUT2D eigenvalue weighted by Crippen LogP contribution is -2.56. The van der Waals surface area contributed by atoms with Crippen molar-refractivity contribution in [1.82, 2.24) is 4.57 Å². The summed E-state index contributed by atoms with van der Waals surface area (Å²) in [5.41, 5.74) is 5.66.